The Morgan fingerprint density at radius 3 is 2.36 bits per heavy atom. The Kier molecular flexibility index (Phi) is 6.90. The van der Waals surface area contributed by atoms with E-state index in [0.717, 1.165) is 24.3 Å². The fraction of sp³-hybridized carbons (Fsp3) is 0.579. The topological polar surface area (TPSA) is 52.7 Å². The van der Waals surface area contributed by atoms with Crippen LogP contribution in [0.25, 0.3) is 0 Å². The highest BCUT2D eigenvalue weighted by Gasteiger charge is 2.33. The van der Waals surface area contributed by atoms with Crippen LogP contribution in [0, 0.1) is 0 Å². The number of anilines is 1. The van der Waals surface area contributed by atoms with E-state index in [9.17, 15) is 9.59 Å². The molecule has 0 radical (unpaired) electrons. The number of thioether (sulfide) groups is 1. The molecule has 0 aromatic heterocycles. The summed E-state index contributed by atoms with van der Waals surface area (Å²) in [6, 6.07) is 8.70. The Hall–Kier alpha value is -1.53. The molecule has 2 rings (SSSR count). The molecule has 5 nitrogen and oxygen atoms in total. The summed E-state index contributed by atoms with van der Waals surface area (Å²) in [6.45, 7) is 11.9. The smallest absolute Gasteiger partial charge is 0.233 e. The second-order valence-electron chi connectivity index (χ2n) is 6.98. The molecule has 1 aliphatic heterocycles. The van der Waals surface area contributed by atoms with Crippen LogP contribution in [0.2, 0.25) is 0 Å². The molecule has 1 N–H and O–H groups in total. The van der Waals surface area contributed by atoms with Crippen LogP contribution < -0.4 is 5.32 Å². The molecule has 1 heterocycles. The maximum Gasteiger partial charge on any atom is 0.233 e. The first-order valence-corrected chi connectivity index (χ1v) is 9.89. The zero-order valence-corrected chi connectivity index (χ0v) is 16.6. The Morgan fingerprint density at radius 2 is 1.84 bits per heavy atom. The minimum absolute atomic E-state index is 0.0556. The number of carbonyl (C=O) groups is 2. The SMILES string of the molecule is CC(=O)Nc1ccc(C2SCC(=O)N2CCN(C(C)C)C(C)C)cc1. The number of carbonyl (C=O) groups excluding carboxylic acids is 2. The van der Waals surface area contributed by atoms with Crippen molar-refractivity contribution in [2.45, 2.75) is 52.1 Å². The number of benzene rings is 1. The molecule has 0 spiro atoms. The Balaban J connectivity index is 2.06. The van der Waals surface area contributed by atoms with Gasteiger partial charge in [0, 0.05) is 37.8 Å². The van der Waals surface area contributed by atoms with Gasteiger partial charge in [-0.3, -0.25) is 14.5 Å². The first kappa shape index (κ1) is 19.8. The molecule has 1 aromatic rings. The van der Waals surface area contributed by atoms with Gasteiger partial charge in [0.05, 0.1) is 5.75 Å². The molecular weight excluding hydrogens is 334 g/mol. The van der Waals surface area contributed by atoms with Crippen molar-refractivity contribution >= 4 is 29.3 Å². The summed E-state index contributed by atoms with van der Waals surface area (Å²) in [5.41, 5.74) is 1.88. The molecule has 25 heavy (non-hydrogen) atoms. The quantitative estimate of drug-likeness (QED) is 0.807. The normalized spacial score (nSPS) is 17.8. The zero-order chi connectivity index (χ0) is 18.6. The minimum atomic E-state index is -0.0812. The third kappa shape index (κ3) is 5.22. The zero-order valence-electron chi connectivity index (χ0n) is 15.8. The van der Waals surface area contributed by atoms with Gasteiger partial charge in [0.1, 0.15) is 5.37 Å². The fourth-order valence-electron chi connectivity index (χ4n) is 3.24. The number of rotatable bonds is 7. The number of amides is 2. The summed E-state index contributed by atoms with van der Waals surface area (Å²) in [4.78, 5) is 27.9. The lowest BCUT2D eigenvalue weighted by molar-refractivity contribution is -0.128. The molecular formula is C19H29N3O2S. The third-order valence-corrected chi connectivity index (χ3v) is 5.67. The number of hydrogen-bond acceptors (Lipinski definition) is 4. The van der Waals surface area contributed by atoms with Gasteiger partial charge in [0.15, 0.2) is 0 Å². The average Bonchev–Trinajstić information content (AvgIpc) is 2.88. The van der Waals surface area contributed by atoms with E-state index in [4.69, 9.17) is 0 Å². The van der Waals surface area contributed by atoms with Crippen LogP contribution in [0.4, 0.5) is 5.69 Å². The maximum absolute atomic E-state index is 12.4. The molecule has 1 atom stereocenters. The average molecular weight is 364 g/mol. The summed E-state index contributed by atoms with van der Waals surface area (Å²) >= 11 is 1.67. The fourth-order valence-corrected chi connectivity index (χ4v) is 4.46. The van der Waals surface area contributed by atoms with Crippen LogP contribution in [-0.4, -0.2) is 52.5 Å². The van der Waals surface area contributed by atoms with E-state index in [2.05, 4.69) is 37.9 Å². The molecule has 6 heteroatoms. The second kappa shape index (κ2) is 8.72. The highest BCUT2D eigenvalue weighted by atomic mass is 32.2. The van der Waals surface area contributed by atoms with Gasteiger partial charge >= 0.3 is 0 Å². The van der Waals surface area contributed by atoms with E-state index in [-0.39, 0.29) is 17.2 Å². The molecule has 1 aliphatic rings. The summed E-state index contributed by atoms with van der Waals surface area (Å²) in [5, 5.41) is 2.83. The molecule has 0 aliphatic carbocycles. The van der Waals surface area contributed by atoms with Gasteiger partial charge in [-0.15, -0.1) is 11.8 Å². The Bertz CT molecular complexity index is 593. The molecule has 0 saturated carbocycles. The largest absolute Gasteiger partial charge is 0.326 e. The first-order valence-electron chi connectivity index (χ1n) is 8.84. The standard InChI is InChI=1S/C19H29N3O2S/c1-13(2)21(14(3)4)10-11-22-18(24)12-25-19(22)16-6-8-17(9-7-16)20-15(5)23/h6-9,13-14,19H,10-12H2,1-5H3,(H,20,23). The van der Waals surface area contributed by atoms with Gasteiger partial charge in [0.25, 0.3) is 0 Å². The van der Waals surface area contributed by atoms with Gasteiger partial charge in [-0.25, -0.2) is 0 Å². The Morgan fingerprint density at radius 1 is 1.24 bits per heavy atom. The third-order valence-electron chi connectivity index (χ3n) is 4.41. The number of nitrogens with one attached hydrogen (secondary N) is 1. The van der Waals surface area contributed by atoms with E-state index >= 15 is 0 Å². The van der Waals surface area contributed by atoms with Gasteiger partial charge in [-0.1, -0.05) is 12.1 Å². The van der Waals surface area contributed by atoms with Crippen molar-refractivity contribution in [1.29, 1.82) is 0 Å². The summed E-state index contributed by atoms with van der Waals surface area (Å²) in [6.07, 6.45) is 0. The molecule has 1 fully saturated rings. The van der Waals surface area contributed by atoms with E-state index < -0.39 is 0 Å². The van der Waals surface area contributed by atoms with Crippen LogP contribution in [0.5, 0.6) is 0 Å². The summed E-state index contributed by atoms with van der Waals surface area (Å²) < 4.78 is 0. The lowest BCUT2D eigenvalue weighted by Crippen LogP contribution is -2.43. The van der Waals surface area contributed by atoms with Crippen LogP contribution in [0.3, 0.4) is 0 Å². The van der Waals surface area contributed by atoms with E-state index in [1.165, 1.54) is 6.92 Å². The number of nitrogens with zero attached hydrogens (tertiary/aromatic N) is 2. The first-order chi connectivity index (χ1) is 11.8. The van der Waals surface area contributed by atoms with E-state index in [0.29, 0.717) is 17.8 Å². The van der Waals surface area contributed by atoms with Crippen LogP contribution in [0.15, 0.2) is 24.3 Å². The predicted molar refractivity (Wildman–Crippen MR) is 105 cm³/mol. The lowest BCUT2D eigenvalue weighted by Gasteiger charge is -2.33. The molecule has 1 unspecified atom stereocenters. The van der Waals surface area contributed by atoms with Gasteiger partial charge in [0.2, 0.25) is 11.8 Å². The predicted octanol–water partition coefficient (Wildman–Crippen LogP) is 3.34. The van der Waals surface area contributed by atoms with Crippen molar-refractivity contribution in [3.05, 3.63) is 29.8 Å². The summed E-state index contributed by atoms with van der Waals surface area (Å²) in [5.74, 6) is 0.650. The van der Waals surface area contributed by atoms with Gasteiger partial charge in [-0.05, 0) is 45.4 Å². The Labute approximate surface area is 155 Å². The van der Waals surface area contributed by atoms with Crippen molar-refractivity contribution in [2.24, 2.45) is 0 Å². The lowest BCUT2D eigenvalue weighted by atomic mass is 10.1. The maximum atomic E-state index is 12.4. The number of hydrogen-bond donors (Lipinski definition) is 1. The van der Waals surface area contributed by atoms with Crippen molar-refractivity contribution in [3.63, 3.8) is 0 Å². The highest BCUT2D eigenvalue weighted by molar-refractivity contribution is 8.00. The van der Waals surface area contributed by atoms with Crippen LogP contribution in [0.1, 0.15) is 45.6 Å². The van der Waals surface area contributed by atoms with Crippen molar-refractivity contribution in [3.8, 4) is 0 Å². The highest BCUT2D eigenvalue weighted by Crippen LogP contribution is 2.38. The molecule has 2 amide bonds. The van der Waals surface area contributed by atoms with Crippen molar-refractivity contribution in [1.82, 2.24) is 9.80 Å². The molecule has 1 aromatic carbocycles. The van der Waals surface area contributed by atoms with Crippen LogP contribution >= 0.6 is 11.8 Å². The summed E-state index contributed by atoms with van der Waals surface area (Å²) in [7, 11) is 0. The molecule has 138 valence electrons. The second-order valence-corrected chi connectivity index (χ2v) is 8.05. The van der Waals surface area contributed by atoms with Crippen molar-refractivity contribution < 1.29 is 9.59 Å². The minimum Gasteiger partial charge on any atom is -0.326 e. The van der Waals surface area contributed by atoms with E-state index in [1.54, 1.807) is 11.8 Å². The monoisotopic (exact) mass is 363 g/mol. The van der Waals surface area contributed by atoms with Crippen molar-refractivity contribution in [2.75, 3.05) is 24.2 Å². The molecule has 1 saturated heterocycles. The van der Waals surface area contributed by atoms with Gasteiger partial charge < -0.3 is 10.2 Å². The molecule has 0 bridgehead atoms. The van der Waals surface area contributed by atoms with E-state index in [1.807, 2.05) is 29.2 Å². The van der Waals surface area contributed by atoms with Gasteiger partial charge in [-0.2, -0.15) is 0 Å². The van der Waals surface area contributed by atoms with Crippen LogP contribution in [-0.2, 0) is 9.59 Å².